The number of carboxylic acids is 1. The van der Waals surface area contributed by atoms with Crippen molar-refractivity contribution >= 4 is 73.7 Å². The van der Waals surface area contributed by atoms with Crippen LogP contribution in [0.3, 0.4) is 0 Å². The van der Waals surface area contributed by atoms with Crippen LogP contribution in [-0.2, 0) is 0 Å². The van der Waals surface area contributed by atoms with Gasteiger partial charge in [0.2, 0.25) is 0 Å². The second-order valence-corrected chi connectivity index (χ2v) is 5.35. The van der Waals surface area contributed by atoms with Crippen molar-refractivity contribution in [2.45, 2.75) is 0 Å². The second-order valence-electron chi connectivity index (χ2n) is 2.03. The van der Waals surface area contributed by atoms with Crippen LogP contribution in [0.4, 0.5) is 0 Å². The Morgan fingerprint density at radius 1 is 1.17 bits per heavy atom. The average Bonchev–Trinajstić information content (AvgIpc) is 2.00. The third-order valence-corrected chi connectivity index (χ3v) is 6.47. The molecule has 0 bridgehead atoms. The van der Waals surface area contributed by atoms with Crippen LogP contribution in [0.15, 0.2) is 12.1 Å². The molecule has 0 saturated heterocycles. The molecular weight excluding hydrogens is 497 g/mol. The molecule has 0 aromatic heterocycles. The minimum Gasteiger partial charge on any atom is -0.478 e. The van der Waals surface area contributed by atoms with E-state index in [2.05, 4.69) is 67.8 Å². The van der Waals surface area contributed by atoms with E-state index in [0.717, 1.165) is 10.7 Å². The second kappa shape index (κ2) is 4.40. The summed E-state index contributed by atoms with van der Waals surface area (Å²) in [7, 11) is 0. The fraction of sp³-hybridized carbons (Fsp3) is 0. The van der Waals surface area contributed by atoms with Crippen LogP contribution in [0, 0.1) is 10.7 Å². The number of hydrogen-bond acceptors (Lipinski definition) is 1. The van der Waals surface area contributed by atoms with Gasteiger partial charge in [-0.25, -0.2) is 4.79 Å². The lowest BCUT2D eigenvalue weighted by Crippen LogP contribution is -2.02. The summed E-state index contributed by atoms with van der Waals surface area (Å²) in [4.78, 5) is 10.7. The van der Waals surface area contributed by atoms with Crippen LogP contribution in [0.1, 0.15) is 10.4 Å². The largest absolute Gasteiger partial charge is 0.478 e. The molecular formula is C7H3I3O2. The SMILES string of the molecule is O=C(O)c1ccc(I)c(I)c1I. The van der Waals surface area contributed by atoms with E-state index in [1.165, 1.54) is 0 Å². The van der Waals surface area contributed by atoms with Crippen LogP contribution in [-0.4, -0.2) is 11.1 Å². The van der Waals surface area contributed by atoms with Crippen LogP contribution in [0.2, 0.25) is 0 Å². The molecule has 0 aliphatic carbocycles. The molecule has 0 radical (unpaired) electrons. The van der Waals surface area contributed by atoms with Crippen LogP contribution >= 0.6 is 67.8 Å². The van der Waals surface area contributed by atoms with Gasteiger partial charge in [0.1, 0.15) is 0 Å². The maximum absolute atomic E-state index is 10.7. The average molecular weight is 500 g/mol. The first-order valence-corrected chi connectivity index (χ1v) is 6.14. The van der Waals surface area contributed by atoms with Crippen molar-refractivity contribution in [3.63, 3.8) is 0 Å². The summed E-state index contributed by atoms with van der Waals surface area (Å²) < 4.78 is 2.91. The Morgan fingerprint density at radius 3 is 2.25 bits per heavy atom. The Hall–Kier alpha value is 0.880. The molecule has 1 aromatic carbocycles. The fourth-order valence-electron chi connectivity index (χ4n) is 0.691. The Bertz CT molecular complexity index is 336. The first kappa shape index (κ1) is 11.0. The third-order valence-electron chi connectivity index (χ3n) is 1.27. The minimum absolute atomic E-state index is 0.375. The summed E-state index contributed by atoms with van der Waals surface area (Å²) >= 11 is 6.39. The quantitative estimate of drug-likeness (QED) is 0.476. The Labute approximate surface area is 111 Å². The maximum Gasteiger partial charge on any atom is 0.336 e. The molecule has 0 atom stereocenters. The number of halogens is 3. The predicted molar refractivity (Wildman–Crippen MR) is 71.6 cm³/mol. The van der Waals surface area contributed by atoms with Gasteiger partial charge in [0.05, 0.1) is 5.56 Å². The molecule has 64 valence electrons. The molecule has 0 amide bonds. The third kappa shape index (κ3) is 2.22. The highest BCUT2D eigenvalue weighted by molar-refractivity contribution is 14.1. The first-order valence-electron chi connectivity index (χ1n) is 2.91. The number of rotatable bonds is 1. The van der Waals surface area contributed by atoms with Crippen molar-refractivity contribution in [3.8, 4) is 0 Å². The van der Waals surface area contributed by atoms with E-state index < -0.39 is 5.97 Å². The lowest BCUT2D eigenvalue weighted by molar-refractivity contribution is 0.0695. The molecule has 0 spiro atoms. The van der Waals surface area contributed by atoms with Crippen molar-refractivity contribution in [3.05, 3.63) is 28.4 Å². The van der Waals surface area contributed by atoms with E-state index in [0.29, 0.717) is 5.56 Å². The van der Waals surface area contributed by atoms with Gasteiger partial charge >= 0.3 is 5.97 Å². The topological polar surface area (TPSA) is 37.3 Å². The molecule has 0 aliphatic rings. The van der Waals surface area contributed by atoms with Gasteiger partial charge in [-0.15, -0.1) is 0 Å². The van der Waals surface area contributed by atoms with E-state index in [1.807, 2.05) is 6.07 Å². The number of carboxylic acid groups (broad SMARTS) is 1. The molecule has 1 rings (SSSR count). The van der Waals surface area contributed by atoms with Crippen molar-refractivity contribution in [2.24, 2.45) is 0 Å². The summed E-state index contributed by atoms with van der Waals surface area (Å²) in [6, 6.07) is 3.45. The highest BCUT2D eigenvalue weighted by Crippen LogP contribution is 2.24. The molecule has 0 unspecified atom stereocenters. The van der Waals surface area contributed by atoms with Gasteiger partial charge in [-0.3, -0.25) is 0 Å². The zero-order valence-electron chi connectivity index (χ0n) is 5.64. The molecule has 12 heavy (non-hydrogen) atoms. The highest BCUT2D eigenvalue weighted by Gasteiger charge is 2.12. The smallest absolute Gasteiger partial charge is 0.336 e. The zero-order chi connectivity index (χ0) is 9.30. The van der Waals surface area contributed by atoms with Gasteiger partial charge in [-0.05, 0) is 79.9 Å². The van der Waals surface area contributed by atoms with Gasteiger partial charge < -0.3 is 5.11 Å². The Morgan fingerprint density at radius 2 is 1.75 bits per heavy atom. The normalized spacial score (nSPS) is 9.92. The van der Waals surface area contributed by atoms with Gasteiger partial charge in [0.15, 0.2) is 0 Å². The van der Waals surface area contributed by atoms with Gasteiger partial charge in [-0.1, -0.05) is 0 Å². The first-order chi connectivity index (χ1) is 5.54. The monoisotopic (exact) mass is 500 g/mol. The van der Waals surface area contributed by atoms with Crippen LogP contribution in [0.25, 0.3) is 0 Å². The summed E-state index contributed by atoms with van der Waals surface area (Å²) in [5.41, 5.74) is 0.375. The Kier molecular flexibility index (Phi) is 4.02. The molecule has 5 heteroatoms. The van der Waals surface area contributed by atoms with Crippen molar-refractivity contribution in [1.82, 2.24) is 0 Å². The van der Waals surface area contributed by atoms with E-state index in [9.17, 15) is 4.79 Å². The molecule has 2 nitrogen and oxygen atoms in total. The number of hydrogen-bond donors (Lipinski definition) is 1. The Balaban J connectivity index is 3.36. The lowest BCUT2D eigenvalue weighted by atomic mass is 10.2. The molecule has 1 N–H and O–H groups in total. The van der Waals surface area contributed by atoms with Crippen molar-refractivity contribution in [1.29, 1.82) is 0 Å². The zero-order valence-corrected chi connectivity index (χ0v) is 12.1. The molecule has 0 aliphatic heterocycles. The van der Waals surface area contributed by atoms with E-state index >= 15 is 0 Å². The van der Waals surface area contributed by atoms with E-state index in [1.54, 1.807) is 6.07 Å². The molecule has 0 saturated carbocycles. The van der Waals surface area contributed by atoms with Crippen molar-refractivity contribution < 1.29 is 9.90 Å². The highest BCUT2D eigenvalue weighted by atomic mass is 127. The maximum atomic E-state index is 10.7. The lowest BCUT2D eigenvalue weighted by Gasteiger charge is -2.02. The van der Waals surface area contributed by atoms with Gasteiger partial charge in [0.25, 0.3) is 0 Å². The fourth-order valence-corrected chi connectivity index (χ4v) is 2.83. The molecule has 0 fully saturated rings. The van der Waals surface area contributed by atoms with Crippen LogP contribution in [0.5, 0.6) is 0 Å². The summed E-state index contributed by atoms with van der Waals surface area (Å²) in [5, 5.41) is 8.77. The van der Waals surface area contributed by atoms with Crippen LogP contribution < -0.4 is 0 Å². The van der Waals surface area contributed by atoms with Crippen molar-refractivity contribution in [2.75, 3.05) is 0 Å². The van der Waals surface area contributed by atoms with Gasteiger partial charge in [0, 0.05) is 10.7 Å². The van der Waals surface area contributed by atoms with Gasteiger partial charge in [-0.2, -0.15) is 0 Å². The molecule has 0 heterocycles. The van der Waals surface area contributed by atoms with E-state index in [4.69, 9.17) is 5.11 Å². The number of carbonyl (C=O) groups is 1. The minimum atomic E-state index is -0.867. The summed E-state index contributed by atoms with van der Waals surface area (Å²) in [5.74, 6) is -0.867. The molecule has 1 aromatic rings. The van der Waals surface area contributed by atoms with E-state index in [-0.39, 0.29) is 0 Å². The number of benzene rings is 1. The number of aromatic carboxylic acids is 1. The standard InChI is InChI=1S/C7H3I3O2/c8-4-2-1-3(7(11)12)5(9)6(4)10/h1-2H,(H,11,12). The summed E-state index contributed by atoms with van der Waals surface area (Å²) in [6.07, 6.45) is 0. The predicted octanol–water partition coefficient (Wildman–Crippen LogP) is 3.20. The summed E-state index contributed by atoms with van der Waals surface area (Å²) in [6.45, 7) is 0.